The highest BCUT2D eigenvalue weighted by Crippen LogP contribution is 2.33. The average molecular weight is 391 g/mol. The van der Waals surface area contributed by atoms with Crippen molar-refractivity contribution in [1.29, 1.82) is 0 Å². The van der Waals surface area contributed by atoms with Gasteiger partial charge in [-0.2, -0.15) is 0 Å². The predicted molar refractivity (Wildman–Crippen MR) is 119 cm³/mol. The number of hydrogen-bond donors (Lipinski definition) is 0. The van der Waals surface area contributed by atoms with E-state index in [9.17, 15) is 0 Å². The van der Waals surface area contributed by atoms with E-state index in [-0.39, 0.29) is 0 Å². The first-order valence-electron chi connectivity index (χ1n) is 9.35. The molecule has 3 heterocycles. The molecule has 0 aliphatic carbocycles. The van der Waals surface area contributed by atoms with Gasteiger partial charge in [0.15, 0.2) is 0 Å². The van der Waals surface area contributed by atoms with Crippen molar-refractivity contribution in [3.63, 3.8) is 0 Å². The van der Waals surface area contributed by atoms with Crippen LogP contribution in [0.4, 0.5) is 0 Å². The molecule has 0 atom stereocenters. The second kappa shape index (κ2) is 7.78. The molecule has 29 heavy (non-hydrogen) atoms. The van der Waals surface area contributed by atoms with Crippen molar-refractivity contribution in [2.75, 3.05) is 0 Å². The lowest BCUT2D eigenvalue weighted by molar-refractivity contribution is 1.27. The van der Waals surface area contributed by atoms with E-state index in [0.717, 1.165) is 26.7 Å². The Kier molecular flexibility index (Phi) is 4.68. The molecule has 4 heteroatoms. The Labute approximate surface area is 173 Å². The standard InChI is InChI=1S/C25H17N3S/c1-2-5-18(6-3-1)19-8-10-20(11-9-19)24-17-28-25(29-24)22-12-13-23(27-16-22)21-7-4-14-26-15-21/h1-17H. The minimum absolute atomic E-state index is 0.912. The topological polar surface area (TPSA) is 38.7 Å². The zero-order valence-electron chi connectivity index (χ0n) is 15.6. The molecule has 0 N–H and O–H groups in total. The smallest absolute Gasteiger partial charge is 0.125 e. The number of benzene rings is 2. The summed E-state index contributed by atoms with van der Waals surface area (Å²) in [7, 11) is 0. The van der Waals surface area contributed by atoms with Crippen LogP contribution < -0.4 is 0 Å². The molecule has 2 aromatic carbocycles. The number of hydrogen-bond acceptors (Lipinski definition) is 4. The maximum atomic E-state index is 4.61. The Morgan fingerprint density at radius 2 is 1.24 bits per heavy atom. The summed E-state index contributed by atoms with van der Waals surface area (Å²) in [6, 6.07) is 27.1. The van der Waals surface area contributed by atoms with Crippen LogP contribution in [-0.4, -0.2) is 15.0 Å². The molecule has 0 aliphatic heterocycles. The van der Waals surface area contributed by atoms with Crippen molar-refractivity contribution in [1.82, 2.24) is 15.0 Å². The Morgan fingerprint density at radius 3 is 1.97 bits per heavy atom. The van der Waals surface area contributed by atoms with Crippen LogP contribution in [0.25, 0.3) is 43.4 Å². The van der Waals surface area contributed by atoms with Crippen molar-refractivity contribution in [2.45, 2.75) is 0 Å². The van der Waals surface area contributed by atoms with Gasteiger partial charge in [0, 0.05) is 35.9 Å². The summed E-state index contributed by atoms with van der Waals surface area (Å²) >= 11 is 1.68. The Morgan fingerprint density at radius 1 is 0.517 bits per heavy atom. The summed E-state index contributed by atoms with van der Waals surface area (Å²) in [4.78, 5) is 14.5. The highest BCUT2D eigenvalue weighted by Gasteiger charge is 2.08. The first-order chi connectivity index (χ1) is 14.4. The summed E-state index contributed by atoms with van der Waals surface area (Å²) in [6.45, 7) is 0. The second-order valence-electron chi connectivity index (χ2n) is 6.65. The molecule has 5 rings (SSSR count). The van der Waals surface area contributed by atoms with Gasteiger partial charge >= 0.3 is 0 Å². The van der Waals surface area contributed by atoms with Gasteiger partial charge < -0.3 is 0 Å². The van der Waals surface area contributed by atoms with E-state index >= 15 is 0 Å². The largest absolute Gasteiger partial charge is 0.264 e. The number of rotatable bonds is 4. The van der Waals surface area contributed by atoms with Gasteiger partial charge in [0.05, 0.1) is 10.6 Å². The summed E-state index contributed by atoms with van der Waals surface area (Å²) in [5, 5.41) is 0.970. The van der Waals surface area contributed by atoms with Gasteiger partial charge in [-0.1, -0.05) is 54.6 Å². The van der Waals surface area contributed by atoms with Crippen molar-refractivity contribution in [2.24, 2.45) is 0 Å². The number of aromatic nitrogens is 3. The average Bonchev–Trinajstić information content (AvgIpc) is 3.31. The zero-order valence-corrected chi connectivity index (χ0v) is 16.4. The molecule has 0 spiro atoms. The SMILES string of the molecule is c1ccc(-c2ccc(-c3cnc(-c4ccc(-c5cccnc5)nc4)s3)cc2)cc1. The van der Waals surface area contributed by atoms with Gasteiger partial charge in [-0.15, -0.1) is 11.3 Å². The molecule has 0 fully saturated rings. The summed E-state index contributed by atoms with van der Waals surface area (Å²) in [5.74, 6) is 0. The molecule has 0 aliphatic rings. The van der Waals surface area contributed by atoms with Crippen molar-refractivity contribution >= 4 is 11.3 Å². The molecule has 5 aromatic rings. The van der Waals surface area contributed by atoms with Crippen LogP contribution in [0.3, 0.4) is 0 Å². The first kappa shape index (κ1) is 17.5. The highest BCUT2D eigenvalue weighted by atomic mass is 32.1. The fraction of sp³-hybridized carbons (Fsp3) is 0. The summed E-state index contributed by atoms with van der Waals surface area (Å²) in [5.41, 5.74) is 6.56. The van der Waals surface area contributed by atoms with E-state index in [2.05, 4.69) is 69.5 Å². The molecular formula is C25H17N3S. The van der Waals surface area contributed by atoms with Gasteiger partial charge in [0.25, 0.3) is 0 Å². The van der Waals surface area contributed by atoms with Gasteiger partial charge in [0.2, 0.25) is 0 Å². The van der Waals surface area contributed by atoms with Crippen LogP contribution in [0.2, 0.25) is 0 Å². The molecule has 0 saturated carbocycles. The van der Waals surface area contributed by atoms with Crippen LogP contribution in [0.5, 0.6) is 0 Å². The molecule has 0 bridgehead atoms. The lowest BCUT2D eigenvalue weighted by Gasteiger charge is -2.03. The van der Waals surface area contributed by atoms with Gasteiger partial charge in [-0.25, -0.2) is 4.98 Å². The Bertz CT molecular complexity index is 1120. The lowest BCUT2D eigenvalue weighted by Crippen LogP contribution is -1.85. The maximum Gasteiger partial charge on any atom is 0.125 e. The monoisotopic (exact) mass is 391 g/mol. The normalized spacial score (nSPS) is 10.8. The summed E-state index contributed by atoms with van der Waals surface area (Å²) in [6.07, 6.45) is 7.40. The predicted octanol–water partition coefficient (Wildman–Crippen LogP) is 6.60. The van der Waals surface area contributed by atoms with Gasteiger partial charge in [-0.05, 0) is 41.0 Å². The minimum Gasteiger partial charge on any atom is -0.264 e. The third-order valence-corrected chi connectivity index (χ3v) is 5.85. The van der Waals surface area contributed by atoms with Crippen LogP contribution >= 0.6 is 11.3 Å². The van der Waals surface area contributed by atoms with Crippen molar-refractivity contribution < 1.29 is 0 Å². The third-order valence-electron chi connectivity index (χ3n) is 4.75. The van der Waals surface area contributed by atoms with Gasteiger partial charge in [0.1, 0.15) is 5.01 Å². The molecule has 138 valence electrons. The van der Waals surface area contributed by atoms with Crippen LogP contribution in [0, 0.1) is 0 Å². The minimum atomic E-state index is 0.912. The zero-order chi connectivity index (χ0) is 19.5. The lowest BCUT2D eigenvalue weighted by atomic mass is 10.0. The number of nitrogens with zero attached hydrogens (tertiary/aromatic N) is 3. The third kappa shape index (κ3) is 3.71. The molecule has 3 aromatic heterocycles. The van der Waals surface area contributed by atoms with Gasteiger partial charge in [-0.3, -0.25) is 9.97 Å². The molecule has 0 saturated heterocycles. The summed E-state index contributed by atoms with van der Waals surface area (Å²) < 4.78 is 0. The van der Waals surface area contributed by atoms with E-state index in [4.69, 9.17) is 0 Å². The van der Waals surface area contributed by atoms with E-state index < -0.39 is 0 Å². The molecule has 0 amide bonds. The van der Waals surface area contributed by atoms with Crippen LogP contribution in [-0.2, 0) is 0 Å². The fourth-order valence-corrected chi connectivity index (χ4v) is 4.12. The van der Waals surface area contributed by atoms with Crippen molar-refractivity contribution in [3.8, 4) is 43.4 Å². The molecular weight excluding hydrogens is 374 g/mol. The van der Waals surface area contributed by atoms with E-state index in [1.54, 1.807) is 17.5 Å². The van der Waals surface area contributed by atoms with E-state index in [1.165, 1.54) is 16.7 Å². The first-order valence-corrected chi connectivity index (χ1v) is 10.2. The number of pyridine rings is 2. The Balaban J connectivity index is 1.38. The van der Waals surface area contributed by atoms with Crippen LogP contribution in [0.15, 0.2) is 104 Å². The maximum absolute atomic E-state index is 4.61. The molecule has 0 radical (unpaired) electrons. The Hall–Kier alpha value is -3.63. The molecule has 3 nitrogen and oxygen atoms in total. The van der Waals surface area contributed by atoms with Crippen LogP contribution in [0.1, 0.15) is 0 Å². The quantitative estimate of drug-likeness (QED) is 0.346. The van der Waals surface area contributed by atoms with Crippen molar-refractivity contribution in [3.05, 3.63) is 104 Å². The van der Waals surface area contributed by atoms with E-state index in [0.29, 0.717) is 0 Å². The molecule has 0 unspecified atom stereocenters. The number of thiazole rings is 1. The van der Waals surface area contributed by atoms with E-state index in [1.807, 2.05) is 42.9 Å². The fourth-order valence-electron chi connectivity index (χ4n) is 3.20. The second-order valence-corrected chi connectivity index (χ2v) is 7.68. The highest BCUT2D eigenvalue weighted by molar-refractivity contribution is 7.18.